The van der Waals surface area contributed by atoms with E-state index in [0.29, 0.717) is 5.92 Å². The molecular formula is C14H20N2O2S. The van der Waals surface area contributed by atoms with Crippen LogP contribution < -0.4 is 4.90 Å². The van der Waals surface area contributed by atoms with E-state index in [0.717, 1.165) is 47.7 Å². The Morgan fingerprint density at radius 3 is 2.84 bits per heavy atom. The zero-order valence-electron chi connectivity index (χ0n) is 11.3. The lowest BCUT2D eigenvalue weighted by atomic mass is 10.3. The highest BCUT2D eigenvalue weighted by Gasteiger charge is 2.30. The molecule has 0 atom stereocenters. The Morgan fingerprint density at radius 1 is 1.42 bits per heavy atom. The number of hydrogen-bond acceptors (Lipinski definition) is 5. The van der Waals surface area contributed by atoms with E-state index in [9.17, 15) is 4.79 Å². The maximum Gasteiger partial charge on any atom is 0.186 e. The Hall–Kier alpha value is -0.940. The molecule has 0 aliphatic heterocycles. The van der Waals surface area contributed by atoms with Gasteiger partial charge in [-0.05, 0) is 31.6 Å². The summed E-state index contributed by atoms with van der Waals surface area (Å²) in [6.45, 7) is 2.48. The van der Waals surface area contributed by atoms with Crippen molar-refractivity contribution >= 4 is 22.8 Å². The number of aromatic nitrogens is 1. The fraction of sp³-hybridized carbons (Fsp3) is 0.714. The normalized spacial score (nSPS) is 18.6. The third-order valence-electron chi connectivity index (χ3n) is 3.69. The molecule has 0 aromatic carbocycles. The van der Waals surface area contributed by atoms with Gasteiger partial charge in [-0.2, -0.15) is 0 Å². The monoisotopic (exact) mass is 280 g/mol. The molecular weight excluding hydrogens is 260 g/mol. The van der Waals surface area contributed by atoms with Crippen LogP contribution in [-0.4, -0.2) is 38.1 Å². The maximum atomic E-state index is 11.1. The maximum absolute atomic E-state index is 11.1. The Bertz CT molecular complexity index is 452. The van der Waals surface area contributed by atoms with E-state index in [2.05, 4.69) is 9.88 Å². The highest BCUT2D eigenvalue weighted by Crippen LogP contribution is 2.43. The highest BCUT2D eigenvalue weighted by molar-refractivity contribution is 7.17. The smallest absolute Gasteiger partial charge is 0.186 e. The second kappa shape index (κ2) is 5.59. The average Bonchev–Trinajstić information content (AvgIpc) is 3.33. The number of hydrogen-bond donors (Lipinski definition) is 0. The third-order valence-corrected chi connectivity index (χ3v) is 4.80. The summed E-state index contributed by atoms with van der Waals surface area (Å²) >= 11 is 1.50. The minimum atomic E-state index is 0.532. The summed E-state index contributed by atoms with van der Waals surface area (Å²) in [5.41, 5.74) is 1.01. The lowest BCUT2D eigenvalue weighted by Gasteiger charge is -2.15. The van der Waals surface area contributed by atoms with E-state index in [1.807, 2.05) is 7.05 Å². The van der Waals surface area contributed by atoms with Gasteiger partial charge in [0.1, 0.15) is 0 Å². The molecule has 2 saturated carbocycles. The van der Waals surface area contributed by atoms with Crippen molar-refractivity contribution in [2.24, 2.45) is 5.92 Å². The summed E-state index contributed by atoms with van der Waals surface area (Å²) in [6, 6.07) is 0. The lowest BCUT2D eigenvalue weighted by Crippen LogP contribution is -2.22. The summed E-state index contributed by atoms with van der Waals surface area (Å²) in [5.74, 6) is 1.35. The molecule has 4 nitrogen and oxygen atoms in total. The molecule has 3 rings (SSSR count). The van der Waals surface area contributed by atoms with Crippen LogP contribution in [0.3, 0.4) is 0 Å². The Labute approximate surface area is 117 Å². The van der Waals surface area contributed by atoms with Crippen LogP contribution >= 0.6 is 11.3 Å². The molecule has 2 fully saturated rings. The van der Waals surface area contributed by atoms with Gasteiger partial charge in [0.2, 0.25) is 0 Å². The van der Waals surface area contributed by atoms with E-state index in [4.69, 9.17) is 4.74 Å². The number of likely N-dealkylation sites (N-methyl/N-ethyl adjacent to an activating group) is 1. The van der Waals surface area contributed by atoms with Crippen LogP contribution in [0.5, 0.6) is 0 Å². The SMILES string of the molecule is CN(CCOCC1CC1)c1nc(C2CC2)c(C=O)s1. The van der Waals surface area contributed by atoms with Crippen LogP contribution in [0.2, 0.25) is 0 Å². The van der Waals surface area contributed by atoms with Crippen molar-refractivity contribution in [2.45, 2.75) is 31.6 Å². The van der Waals surface area contributed by atoms with Crippen LogP contribution in [-0.2, 0) is 4.74 Å². The van der Waals surface area contributed by atoms with Gasteiger partial charge < -0.3 is 9.64 Å². The topological polar surface area (TPSA) is 42.4 Å². The summed E-state index contributed by atoms with van der Waals surface area (Å²) in [5, 5.41) is 0.944. The molecule has 0 saturated heterocycles. The molecule has 5 heteroatoms. The standard InChI is InChI=1S/C14H20N2O2S/c1-16(6-7-18-9-10-2-3-10)14-15-13(11-4-5-11)12(8-17)19-14/h8,10-11H,2-7,9H2,1H3. The zero-order valence-corrected chi connectivity index (χ0v) is 12.1. The number of carbonyl (C=O) groups excluding carboxylic acids is 1. The van der Waals surface area contributed by atoms with Crippen LogP contribution in [0.4, 0.5) is 5.13 Å². The molecule has 104 valence electrons. The van der Waals surface area contributed by atoms with Gasteiger partial charge in [0.05, 0.1) is 17.2 Å². The van der Waals surface area contributed by atoms with E-state index in [-0.39, 0.29) is 0 Å². The van der Waals surface area contributed by atoms with Crippen molar-refractivity contribution in [1.29, 1.82) is 0 Å². The molecule has 0 radical (unpaired) electrons. The number of nitrogens with zero attached hydrogens (tertiary/aromatic N) is 2. The molecule has 19 heavy (non-hydrogen) atoms. The second-order valence-corrected chi connectivity index (χ2v) is 6.59. The third kappa shape index (κ3) is 3.34. The van der Waals surface area contributed by atoms with Crippen molar-refractivity contribution < 1.29 is 9.53 Å². The number of carbonyl (C=O) groups is 1. The van der Waals surface area contributed by atoms with E-state index < -0.39 is 0 Å². The Morgan fingerprint density at radius 2 is 2.21 bits per heavy atom. The van der Waals surface area contributed by atoms with Crippen LogP contribution in [0.15, 0.2) is 0 Å². The van der Waals surface area contributed by atoms with Gasteiger partial charge in [0.25, 0.3) is 0 Å². The molecule has 0 unspecified atom stereocenters. The molecule has 0 spiro atoms. The van der Waals surface area contributed by atoms with Gasteiger partial charge in [-0.25, -0.2) is 4.98 Å². The van der Waals surface area contributed by atoms with Crippen molar-refractivity contribution in [3.63, 3.8) is 0 Å². The summed E-state index contributed by atoms with van der Waals surface area (Å²) < 4.78 is 5.64. The van der Waals surface area contributed by atoms with Gasteiger partial charge in [-0.15, -0.1) is 0 Å². The minimum absolute atomic E-state index is 0.532. The fourth-order valence-corrected chi connectivity index (χ4v) is 3.01. The van der Waals surface area contributed by atoms with E-state index >= 15 is 0 Å². The molecule has 1 aromatic rings. The van der Waals surface area contributed by atoms with Crippen molar-refractivity contribution in [3.05, 3.63) is 10.6 Å². The predicted molar refractivity (Wildman–Crippen MR) is 76.3 cm³/mol. The predicted octanol–water partition coefficient (Wildman–Crippen LogP) is 2.70. The first-order valence-electron chi connectivity index (χ1n) is 7.02. The quantitative estimate of drug-likeness (QED) is 0.542. The minimum Gasteiger partial charge on any atom is -0.379 e. The zero-order chi connectivity index (χ0) is 13.2. The molecule has 1 aromatic heterocycles. The molecule has 1 heterocycles. The van der Waals surface area contributed by atoms with Gasteiger partial charge in [0, 0.05) is 26.1 Å². The lowest BCUT2D eigenvalue weighted by molar-refractivity contribution is 0.112. The van der Waals surface area contributed by atoms with Crippen LogP contribution in [0.25, 0.3) is 0 Å². The number of rotatable bonds is 8. The summed E-state index contributed by atoms with van der Waals surface area (Å²) in [6.07, 6.45) is 5.97. The van der Waals surface area contributed by atoms with E-state index in [1.165, 1.54) is 37.0 Å². The number of anilines is 1. The van der Waals surface area contributed by atoms with Gasteiger partial charge in [-0.1, -0.05) is 11.3 Å². The first-order chi connectivity index (χ1) is 9.28. The van der Waals surface area contributed by atoms with Crippen molar-refractivity contribution in [2.75, 3.05) is 31.7 Å². The van der Waals surface area contributed by atoms with Gasteiger partial charge in [0.15, 0.2) is 11.4 Å². The Balaban J connectivity index is 1.52. The highest BCUT2D eigenvalue weighted by atomic mass is 32.1. The number of aldehydes is 1. The van der Waals surface area contributed by atoms with E-state index in [1.54, 1.807) is 0 Å². The molecule has 0 amide bonds. The largest absolute Gasteiger partial charge is 0.379 e. The first-order valence-corrected chi connectivity index (χ1v) is 7.84. The number of ether oxygens (including phenoxy) is 1. The molecule has 0 bridgehead atoms. The van der Waals surface area contributed by atoms with Crippen LogP contribution in [0, 0.1) is 5.92 Å². The Kier molecular flexibility index (Phi) is 3.84. The summed E-state index contributed by atoms with van der Waals surface area (Å²) in [7, 11) is 2.02. The fourth-order valence-electron chi connectivity index (χ4n) is 2.06. The van der Waals surface area contributed by atoms with Crippen molar-refractivity contribution in [1.82, 2.24) is 4.98 Å². The van der Waals surface area contributed by atoms with Crippen LogP contribution in [0.1, 0.15) is 47.0 Å². The second-order valence-electron chi connectivity index (χ2n) is 5.58. The summed E-state index contributed by atoms with van der Waals surface area (Å²) in [4.78, 5) is 18.6. The van der Waals surface area contributed by atoms with Gasteiger partial charge >= 0.3 is 0 Å². The molecule has 2 aliphatic rings. The van der Waals surface area contributed by atoms with Gasteiger partial charge in [-0.3, -0.25) is 4.79 Å². The first kappa shape index (κ1) is 13.1. The number of thiazole rings is 1. The van der Waals surface area contributed by atoms with Crippen molar-refractivity contribution in [3.8, 4) is 0 Å². The molecule has 0 N–H and O–H groups in total. The molecule has 2 aliphatic carbocycles. The average molecular weight is 280 g/mol.